The molecular weight excluding hydrogens is 387 g/mol. The van der Waals surface area contributed by atoms with Crippen LogP contribution in [0.1, 0.15) is 30.5 Å². The van der Waals surface area contributed by atoms with Crippen LogP contribution in [0.5, 0.6) is 0 Å². The molecule has 0 N–H and O–H groups in total. The Morgan fingerprint density at radius 2 is 1.61 bits per heavy atom. The van der Waals surface area contributed by atoms with Crippen LogP contribution in [-0.4, -0.2) is 23.0 Å². The van der Waals surface area contributed by atoms with E-state index in [-0.39, 0.29) is 17.1 Å². The van der Waals surface area contributed by atoms with Gasteiger partial charge in [-0.25, -0.2) is 4.39 Å². The molecule has 0 saturated carbocycles. The van der Waals surface area contributed by atoms with Gasteiger partial charge in [0.1, 0.15) is 11.5 Å². The Bertz CT molecular complexity index is 1150. The summed E-state index contributed by atoms with van der Waals surface area (Å²) < 4.78 is 13.4. The van der Waals surface area contributed by atoms with Crippen molar-refractivity contribution >= 4 is 17.7 Å². The summed E-state index contributed by atoms with van der Waals surface area (Å²) in [7, 11) is 0. The van der Waals surface area contributed by atoms with E-state index in [0.29, 0.717) is 13.1 Å². The number of para-hydroxylation sites is 1. The van der Waals surface area contributed by atoms with Crippen LogP contribution >= 0.6 is 0 Å². The third kappa shape index (κ3) is 2.89. The van der Waals surface area contributed by atoms with Gasteiger partial charge in [0.15, 0.2) is 0 Å². The molecule has 2 aliphatic rings. The zero-order valence-corrected chi connectivity index (χ0v) is 17.8. The minimum Gasteiger partial charge on any atom is -0.335 e. The quantitative estimate of drug-likeness (QED) is 0.575. The molecule has 3 aromatic carbocycles. The number of carbonyl (C=O) groups is 1. The first-order chi connectivity index (χ1) is 14.9. The lowest BCUT2D eigenvalue weighted by molar-refractivity contribution is -0.131. The summed E-state index contributed by atoms with van der Waals surface area (Å²) in [6, 6.07) is 24.9. The van der Waals surface area contributed by atoms with Gasteiger partial charge in [-0.05, 0) is 41.0 Å². The summed E-state index contributed by atoms with van der Waals surface area (Å²) in [6.07, 6.45) is 4.14. The van der Waals surface area contributed by atoms with Crippen molar-refractivity contribution in [2.24, 2.45) is 0 Å². The van der Waals surface area contributed by atoms with Crippen LogP contribution in [0.2, 0.25) is 0 Å². The molecule has 0 aliphatic carbocycles. The van der Waals surface area contributed by atoms with Gasteiger partial charge in [0, 0.05) is 17.6 Å². The van der Waals surface area contributed by atoms with E-state index >= 15 is 0 Å². The van der Waals surface area contributed by atoms with E-state index in [0.717, 1.165) is 16.8 Å². The second-order valence-corrected chi connectivity index (χ2v) is 8.80. The highest BCUT2D eigenvalue weighted by Gasteiger charge is 2.63. The first-order valence-electron chi connectivity index (χ1n) is 10.6. The smallest absolute Gasteiger partial charge is 0.244 e. The van der Waals surface area contributed by atoms with E-state index < -0.39 is 5.66 Å². The highest BCUT2D eigenvalue weighted by molar-refractivity contribution is 5.91. The highest BCUT2D eigenvalue weighted by atomic mass is 19.1. The number of anilines is 1. The molecule has 3 nitrogen and oxygen atoms in total. The zero-order chi connectivity index (χ0) is 21.6. The van der Waals surface area contributed by atoms with Crippen LogP contribution in [0.4, 0.5) is 10.1 Å². The van der Waals surface area contributed by atoms with Crippen molar-refractivity contribution in [1.29, 1.82) is 0 Å². The Balaban J connectivity index is 1.66. The predicted molar refractivity (Wildman–Crippen MR) is 122 cm³/mol. The summed E-state index contributed by atoms with van der Waals surface area (Å²) >= 11 is 0. The fourth-order valence-electron chi connectivity index (χ4n) is 5.21. The van der Waals surface area contributed by atoms with Crippen LogP contribution < -0.4 is 4.90 Å². The molecule has 0 radical (unpaired) electrons. The van der Waals surface area contributed by atoms with Crippen LogP contribution in [-0.2, 0) is 16.8 Å². The lowest BCUT2D eigenvalue weighted by Gasteiger charge is -2.46. The lowest BCUT2D eigenvalue weighted by atomic mass is 9.74. The van der Waals surface area contributed by atoms with Gasteiger partial charge in [0.25, 0.3) is 0 Å². The number of hydrogen-bond donors (Lipinski definition) is 0. The van der Waals surface area contributed by atoms with Gasteiger partial charge in [-0.1, -0.05) is 80.6 Å². The van der Waals surface area contributed by atoms with Gasteiger partial charge in [-0.15, -0.1) is 0 Å². The van der Waals surface area contributed by atoms with Crippen molar-refractivity contribution in [3.8, 4) is 0 Å². The minimum atomic E-state index is -0.655. The fourth-order valence-corrected chi connectivity index (χ4v) is 5.21. The molecule has 4 heteroatoms. The SMILES string of the molecule is CC1(C)c2ccccc2N2CC(=O)N(Cc3ccccc3)[C@]21/C=C\c1ccc(F)cc1. The Labute approximate surface area is 182 Å². The van der Waals surface area contributed by atoms with Crippen LogP contribution in [0.3, 0.4) is 0 Å². The summed E-state index contributed by atoms with van der Waals surface area (Å²) in [4.78, 5) is 17.6. The molecule has 2 aliphatic heterocycles. The van der Waals surface area contributed by atoms with Crippen molar-refractivity contribution in [3.63, 3.8) is 0 Å². The number of nitrogens with zero attached hydrogens (tertiary/aromatic N) is 2. The van der Waals surface area contributed by atoms with Gasteiger partial charge in [0.2, 0.25) is 5.91 Å². The van der Waals surface area contributed by atoms with Gasteiger partial charge in [-0.2, -0.15) is 0 Å². The van der Waals surface area contributed by atoms with Crippen LogP contribution in [0.15, 0.2) is 84.9 Å². The Kier molecular flexibility index (Phi) is 4.47. The van der Waals surface area contributed by atoms with Crippen molar-refractivity contribution in [2.75, 3.05) is 11.4 Å². The van der Waals surface area contributed by atoms with E-state index in [4.69, 9.17) is 0 Å². The second-order valence-electron chi connectivity index (χ2n) is 8.80. The minimum absolute atomic E-state index is 0.107. The summed E-state index contributed by atoms with van der Waals surface area (Å²) in [6.45, 7) is 5.28. The van der Waals surface area contributed by atoms with Crippen LogP contribution in [0.25, 0.3) is 6.08 Å². The maximum absolute atomic E-state index is 13.4. The third-order valence-corrected chi connectivity index (χ3v) is 6.77. The maximum atomic E-state index is 13.4. The van der Waals surface area contributed by atoms with E-state index in [9.17, 15) is 9.18 Å². The standard InChI is InChI=1S/C27H25FN2O/c1-26(2)23-10-6-7-11-24(23)29-19-25(31)30(18-21-8-4-3-5-9-21)27(26,29)17-16-20-12-14-22(28)15-13-20/h3-17H,18-19H2,1-2H3/b17-16-/t27-/m0/s1. The van der Waals surface area contributed by atoms with Gasteiger partial charge in [0.05, 0.1) is 6.54 Å². The molecule has 0 bridgehead atoms. The molecule has 1 saturated heterocycles. The Morgan fingerprint density at radius 1 is 0.935 bits per heavy atom. The highest BCUT2D eigenvalue weighted by Crippen LogP contribution is 2.56. The summed E-state index contributed by atoms with van der Waals surface area (Å²) in [5.74, 6) is -0.150. The molecule has 1 amide bonds. The zero-order valence-electron chi connectivity index (χ0n) is 17.8. The molecule has 3 aromatic rings. The number of carbonyl (C=O) groups excluding carboxylic acids is 1. The molecule has 31 heavy (non-hydrogen) atoms. The van der Waals surface area contributed by atoms with Gasteiger partial charge < -0.3 is 9.80 Å². The van der Waals surface area contributed by atoms with E-state index in [1.807, 2.05) is 35.2 Å². The molecule has 0 spiro atoms. The van der Waals surface area contributed by atoms with Crippen molar-refractivity contribution in [1.82, 2.24) is 4.90 Å². The third-order valence-electron chi connectivity index (χ3n) is 6.77. The topological polar surface area (TPSA) is 23.6 Å². The first kappa shape index (κ1) is 19.6. The van der Waals surface area contributed by atoms with E-state index in [1.54, 1.807) is 12.1 Å². The largest absolute Gasteiger partial charge is 0.335 e. The fraction of sp³-hybridized carbons (Fsp3) is 0.222. The monoisotopic (exact) mass is 412 g/mol. The van der Waals surface area contributed by atoms with E-state index in [1.165, 1.54) is 17.7 Å². The molecule has 2 heterocycles. The van der Waals surface area contributed by atoms with Crippen molar-refractivity contribution in [3.05, 3.63) is 107 Å². The molecule has 1 atom stereocenters. The second kappa shape index (κ2) is 7.09. The number of fused-ring (bicyclic) bond motifs is 3. The summed E-state index contributed by atoms with van der Waals surface area (Å²) in [5, 5.41) is 0. The molecule has 0 unspecified atom stereocenters. The van der Waals surface area contributed by atoms with Gasteiger partial charge >= 0.3 is 0 Å². The molecule has 1 fully saturated rings. The lowest BCUT2D eigenvalue weighted by Crippen LogP contribution is -2.60. The molecular formula is C27H25FN2O. The maximum Gasteiger partial charge on any atom is 0.244 e. The van der Waals surface area contributed by atoms with Crippen LogP contribution in [0, 0.1) is 5.82 Å². The Hall–Kier alpha value is -3.40. The number of rotatable bonds is 4. The molecule has 156 valence electrons. The molecule has 5 rings (SSSR count). The predicted octanol–water partition coefficient (Wildman–Crippen LogP) is 5.38. The normalized spacial score (nSPS) is 21.6. The average Bonchev–Trinajstić information content (AvgIpc) is 3.16. The number of hydrogen-bond acceptors (Lipinski definition) is 2. The van der Waals surface area contributed by atoms with Crippen molar-refractivity contribution in [2.45, 2.75) is 31.5 Å². The summed E-state index contributed by atoms with van der Waals surface area (Å²) in [5.41, 5.74) is 3.32. The van der Waals surface area contributed by atoms with Crippen molar-refractivity contribution < 1.29 is 9.18 Å². The molecule has 0 aromatic heterocycles. The van der Waals surface area contributed by atoms with Gasteiger partial charge in [-0.3, -0.25) is 4.79 Å². The average molecular weight is 413 g/mol. The number of benzene rings is 3. The number of halogens is 1. The Morgan fingerprint density at radius 3 is 2.35 bits per heavy atom. The van der Waals surface area contributed by atoms with E-state index in [2.05, 4.69) is 55.2 Å². The number of amides is 1. The first-order valence-corrected chi connectivity index (χ1v) is 10.6.